The van der Waals surface area contributed by atoms with Crippen molar-refractivity contribution in [1.29, 1.82) is 0 Å². The number of carbonyl (C=O) groups excluding carboxylic acids is 3. The fraction of sp³-hybridized carbons (Fsp3) is 0.423. The summed E-state index contributed by atoms with van der Waals surface area (Å²) in [5.41, 5.74) is 2.79. The molecule has 2 saturated carbocycles. The maximum Gasteiger partial charge on any atom is 0.335 e. The first-order valence-electron chi connectivity index (χ1n) is 11.1. The van der Waals surface area contributed by atoms with Gasteiger partial charge in [-0.15, -0.1) is 0 Å². The van der Waals surface area contributed by atoms with Gasteiger partial charge in [-0.3, -0.25) is 14.5 Å². The van der Waals surface area contributed by atoms with E-state index in [9.17, 15) is 14.4 Å². The molecule has 0 spiro atoms. The number of rotatable bonds is 5. The Morgan fingerprint density at radius 3 is 2.26 bits per heavy atom. The van der Waals surface area contributed by atoms with Gasteiger partial charge in [-0.1, -0.05) is 42.5 Å². The van der Waals surface area contributed by atoms with Gasteiger partial charge in [0.25, 0.3) is 0 Å². The van der Waals surface area contributed by atoms with Crippen molar-refractivity contribution in [3.05, 3.63) is 65.2 Å². The number of hydrogen-bond donors (Lipinski definition) is 0. The van der Waals surface area contributed by atoms with Crippen molar-refractivity contribution in [2.75, 3.05) is 0 Å². The van der Waals surface area contributed by atoms with Crippen LogP contribution in [0.5, 0.6) is 5.75 Å². The Kier molecular flexibility index (Phi) is 4.92. The molecule has 1 heterocycles. The van der Waals surface area contributed by atoms with Crippen LogP contribution in [0.15, 0.2) is 48.5 Å². The number of carbonyl (C=O) groups is 3. The molecule has 5 rings (SSSR count). The molecular weight excluding hydrogens is 390 g/mol. The molecule has 0 unspecified atom stereocenters. The molecule has 3 fully saturated rings. The fourth-order valence-corrected chi connectivity index (χ4v) is 5.87. The molecule has 2 aromatic carbocycles. The quantitative estimate of drug-likeness (QED) is 0.421. The van der Waals surface area contributed by atoms with Crippen molar-refractivity contribution in [3.8, 4) is 5.75 Å². The zero-order valence-corrected chi connectivity index (χ0v) is 17.9. The van der Waals surface area contributed by atoms with E-state index in [0.29, 0.717) is 5.75 Å². The highest BCUT2D eigenvalue weighted by Crippen LogP contribution is 2.56. The SMILES string of the molecule is Cc1cccc(OC(=O)[C@H](Cc2ccccc2)N2C(=O)[C@@H]3[C@H]4CC[C@@H](C4)[C@H]3C2=O)c1C. The predicted octanol–water partition coefficient (Wildman–Crippen LogP) is 3.85. The Labute approximate surface area is 182 Å². The summed E-state index contributed by atoms with van der Waals surface area (Å²) < 4.78 is 5.78. The van der Waals surface area contributed by atoms with Gasteiger partial charge in [-0.25, -0.2) is 4.79 Å². The first-order valence-corrected chi connectivity index (χ1v) is 11.1. The molecule has 2 bridgehead atoms. The normalized spacial score (nSPS) is 27.5. The third kappa shape index (κ3) is 3.27. The van der Waals surface area contributed by atoms with E-state index in [4.69, 9.17) is 4.74 Å². The Balaban J connectivity index is 1.47. The number of likely N-dealkylation sites (tertiary alicyclic amines) is 1. The lowest BCUT2D eigenvalue weighted by Gasteiger charge is -2.26. The number of amides is 2. The van der Waals surface area contributed by atoms with Crippen LogP contribution < -0.4 is 4.74 Å². The van der Waals surface area contributed by atoms with Gasteiger partial charge in [0, 0.05) is 6.42 Å². The molecule has 0 aromatic heterocycles. The molecule has 1 aliphatic heterocycles. The number of esters is 1. The average Bonchev–Trinajstić information content (AvgIpc) is 3.45. The zero-order chi connectivity index (χ0) is 21.7. The molecule has 2 amide bonds. The standard InChI is InChI=1S/C26H27NO4/c1-15-7-6-10-21(16(15)2)31-26(30)20(13-17-8-4-3-5-9-17)27-24(28)22-18-11-12-19(14-18)23(22)25(27)29/h3-10,18-20,22-23H,11-14H2,1-2H3/t18-,19-,20-,22+,23+/m0/s1. The number of aryl methyl sites for hydroxylation is 1. The van der Waals surface area contributed by atoms with Crippen molar-refractivity contribution in [2.45, 2.75) is 45.6 Å². The van der Waals surface area contributed by atoms with Crippen molar-refractivity contribution < 1.29 is 19.1 Å². The lowest BCUT2D eigenvalue weighted by molar-refractivity contribution is -0.154. The largest absolute Gasteiger partial charge is 0.425 e. The second kappa shape index (κ2) is 7.63. The van der Waals surface area contributed by atoms with E-state index in [1.165, 1.54) is 4.90 Å². The lowest BCUT2D eigenvalue weighted by atomic mass is 9.81. The molecule has 5 heteroatoms. The van der Waals surface area contributed by atoms with Crippen molar-refractivity contribution in [2.24, 2.45) is 23.7 Å². The number of ether oxygens (including phenoxy) is 1. The van der Waals surface area contributed by atoms with Gasteiger partial charge in [-0.2, -0.15) is 0 Å². The summed E-state index contributed by atoms with van der Waals surface area (Å²) in [4.78, 5) is 41.4. The topological polar surface area (TPSA) is 63.7 Å². The van der Waals surface area contributed by atoms with Gasteiger partial charge in [0.2, 0.25) is 11.8 Å². The molecule has 5 atom stereocenters. The third-order valence-electron chi connectivity index (χ3n) is 7.58. The van der Waals surface area contributed by atoms with E-state index < -0.39 is 12.0 Å². The number of imide groups is 1. The summed E-state index contributed by atoms with van der Waals surface area (Å²) in [6.45, 7) is 3.86. The van der Waals surface area contributed by atoms with Crippen molar-refractivity contribution >= 4 is 17.8 Å². The van der Waals surface area contributed by atoms with Crippen LogP contribution in [0, 0.1) is 37.5 Å². The van der Waals surface area contributed by atoms with Gasteiger partial charge in [0.05, 0.1) is 11.8 Å². The maximum atomic E-state index is 13.4. The van der Waals surface area contributed by atoms with Gasteiger partial charge in [0.15, 0.2) is 0 Å². The van der Waals surface area contributed by atoms with Crippen LogP contribution in [0.4, 0.5) is 0 Å². The molecule has 2 aromatic rings. The van der Waals surface area contributed by atoms with Crippen molar-refractivity contribution in [3.63, 3.8) is 0 Å². The molecular formula is C26H27NO4. The highest BCUT2D eigenvalue weighted by molar-refractivity contribution is 6.08. The summed E-state index contributed by atoms with van der Waals surface area (Å²) in [7, 11) is 0. The summed E-state index contributed by atoms with van der Waals surface area (Å²) in [5, 5.41) is 0. The second-order valence-electron chi connectivity index (χ2n) is 9.26. The van der Waals surface area contributed by atoms with Crippen LogP contribution >= 0.6 is 0 Å². The first kappa shape index (κ1) is 20.0. The number of benzene rings is 2. The van der Waals surface area contributed by atoms with E-state index in [0.717, 1.165) is 36.0 Å². The van der Waals surface area contributed by atoms with Gasteiger partial charge in [0.1, 0.15) is 11.8 Å². The highest BCUT2D eigenvalue weighted by atomic mass is 16.5. The van der Waals surface area contributed by atoms with E-state index in [1.54, 1.807) is 6.07 Å². The summed E-state index contributed by atoms with van der Waals surface area (Å²) >= 11 is 0. The third-order valence-corrected chi connectivity index (χ3v) is 7.58. The number of fused-ring (bicyclic) bond motifs is 5. The fourth-order valence-electron chi connectivity index (χ4n) is 5.87. The van der Waals surface area contributed by atoms with Crippen LogP contribution in [0.2, 0.25) is 0 Å². The molecule has 1 saturated heterocycles. The summed E-state index contributed by atoms with van der Waals surface area (Å²) in [6, 6.07) is 14.1. The van der Waals surface area contributed by atoms with Crippen molar-refractivity contribution in [1.82, 2.24) is 4.90 Å². The van der Waals surface area contributed by atoms with E-state index in [-0.39, 0.29) is 41.9 Å². The smallest absolute Gasteiger partial charge is 0.335 e. The van der Waals surface area contributed by atoms with Gasteiger partial charge in [-0.05, 0) is 67.7 Å². The Morgan fingerprint density at radius 1 is 0.968 bits per heavy atom. The minimum Gasteiger partial charge on any atom is -0.425 e. The van der Waals surface area contributed by atoms with Gasteiger partial charge < -0.3 is 4.74 Å². The minimum absolute atomic E-state index is 0.180. The monoisotopic (exact) mass is 417 g/mol. The molecule has 0 radical (unpaired) electrons. The zero-order valence-electron chi connectivity index (χ0n) is 17.9. The van der Waals surface area contributed by atoms with E-state index in [1.807, 2.05) is 56.3 Å². The Bertz CT molecular complexity index is 1020. The molecule has 31 heavy (non-hydrogen) atoms. The van der Waals surface area contributed by atoms with Crippen LogP contribution in [0.3, 0.4) is 0 Å². The second-order valence-corrected chi connectivity index (χ2v) is 9.26. The maximum absolute atomic E-state index is 13.4. The highest BCUT2D eigenvalue weighted by Gasteiger charge is 2.62. The van der Waals surface area contributed by atoms with Crippen LogP contribution in [0.1, 0.15) is 36.0 Å². The van der Waals surface area contributed by atoms with E-state index in [2.05, 4.69) is 0 Å². The van der Waals surface area contributed by atoms with Gasteiger partial charge >= 0.3 is 5.97 Å². The molecule has 2 aliphatic carbocycles. The Morgan fingerprint density at radius 2 is 1.61 bits per heavy atom. The molecule has 160 valence electrons. The summed E-state index contributed by atoms with van der Waals surface area (Å²) in [5.74, 6) is -0.375. The molecule has 0 N–H and O–H groups in total. The van der Waals surface area contributed by atoms with Crippen LogP contribution in [-0.4, -0.2) is 28.7 Å². The molecule has 5 nitrogen and oxygen atoms in total. The lowest BCUT2D eigenvalue weighted by Crippen LogP contribution is -2.49. The number of hydrogen-bond acceptors (Lipinski definition) is 4. The van der Waals surface area contributed by atoms with Crippen LogP contribution in [0.25, 0.3) is 0 Å². The first-order chi connectivity index (χ1) is 15.0. The predicted molar refractivity (Wildman–Crippen MR) is 115 cm³/mol. The Hall–Kier alpha value is -2.95. The number of nitrogens with zero attached hydrogens (tertiary/aromatic N) is 1. The van der Waals surface area contributed by atoms with Crippen LogP contribution in [-0.2, 0) is 20.8 Å². The van der Waals surface area contributed by atoms with E-state index >= 15 is 0 Å². The minimum atomic E-state index is -0.952. The average molecular weight is 418 g/mol. The summed E-state index contributed by atoms with van der Waals surface area (Å²) in [6.07, 6.45) is 3.25. The molecule has 3 aliphatic rings.